The van der Waals surface area contributed by atoms with Gasteiger partial charge in [0.15, 0.2) is 0 Å². The number of hydrogen-bond acceptors (Lipinski definition) is 2. The van der Waals surface area contributed by atoms with Crippen molar-refractivity contribution >= 4 is 0 Å². The molecule has 2 heteroatoms. The lowest BCUT2D eigenvalue weighted by Gasteiger charge is -2.45. The molecule has 3 atom stereocenters. The molecular formula is C18H28N2. The van der Waals surface area contributed by atoms with Crippen molar-refractivity contribution in [1.82, 2.24) is 10.2 Å². The minimum Gasteiger partial charge on any atom is -0.309 e. The maximum atomic E-state index is 3.77. The number of likely N-dealkylation sites (tertiary alicyclic amines) is 1. The number of fused-ring (bicyclic) bond motifs is 1. The van der Waals surface area contributed by atoms with Crippen LogP contribution in [0.5, 0.6) is 0 Å². The molecule has 2 nitrogen and oxygen atoms in total. The van der Waals surface area contributed by atoms with Crippen LogP contribution < -0.4 is 5.32 Å². The zero-order valence-electron chi connectivity index (χ0n) is 12.9. The molecule has 1 saturated heterocycles. The second-order valence-corrected chi connectivity index (χ2v) is 6.46. The van der Waals surface area contributed by atoms with E-state index in [1.807, 2.05) is 0 Å². The van der Waals surface area contributed by atoms with E-state index < -0.39 is 0 Å². The molecule has 0 spiro atoms. The molecule has 3 rings (SSSR count). The normalized spacial score (nSPS) is 31.0. The standard InChI is InChI=1S/C18H28N2/c1-3-19-18-16-10-6-5-9-15(16)14(2)13-17(18)20-11-7-4-8-12-20/h5-6,9-10,14,17-19H,3-4,7-8,11-13H2,1-2H3. The van der Waals surface area contributed by atoms with Crippen LogP contribution in [0.3, 0.4) is 0 Å². The molecule has 0 aromatic heterocycles. The summed E-state index contributed by atoms with van der Waals surface area (Å²) in [6, 6.07) is 10.3. The predicted octanol–water partition coefficient (Wildman–Crippen LogP) is 3.70. The maximum Gasteiger partial charge on any atom is 0.0481 e. The molecule has 1 fully saturated rings. The number of hydrogen-bond donors (Lipinski definition) is 1. The quantitative estimate of drug-likeness (QED) is 0.902. The van der Waals surface area contributed by atoms with Crippen molar-refractivity contribution in [2.75, 3.05) is 19.6 Å². The second-order valence-electron chi connectivity index (χ2n) is 6.46. The number of piperidine rings is 1. The summed E-state index contributed by atoms with van der Waals surface area (Å²) in [7, 11) is 0. The molecule has 0 bridgehead atoms. The molecule has 110 valence electrons. The van der Waals surface area contributed by atoms with Gasteiger partial charge in [0, 0.05) is 12.1 Å². The van der Waals surface area contributed by atoms with E-state index in [1.54, 1.807) is 11.1 Å². The Morgan fingerprint density at radius 1 is 1.10 bits per heavy atom. The number of benzene rings is 1. The van der Waals surface area contributed by atoms with E-state index in [0.717, 1.165) is 6.54 Å². The smallest absolute Gasteiger partial charge is 0.0481 e. The molecule has 0 saturated carbocycles. The molecule has 3 unspecified atom stereocenters. The van der Waals surface area contributed by atoms with E-state index >= 15 is 0 Å². The van der Waals surface area contributed by atoms with E-state index in [4.69, 9.17) is 0 Å². The Kier molecular flexibility index (Phi) is 4.42. The lowest BCUT2D eigenvalue weighted by atomic mass is 9.77. The van der Waals surface area contributed by atoms with E-state index in [9.17, 15) is 0 Å². The van der Waals surface area contributed by atoms with Gasteiger partial charge < -0.3 is 5.32 Å². The predicted molar refractivity (Wildman–Crippen MR) is 85.1 cm³/mol. The van der Waals surface area contributed by atoms with Crippen molar-refractivity contribution in [3.63, 3.8) is 0 Å². The highest BCUT2D eigenvalue weighted by Crippen LogP contribution is 2.40. The van der Waals surface area contributed by atoms with Gasteiger partial charge in [0.2, 0.25) is 0 Å². The minimum absolute atomic E-state index is 0.519. The highest BCUT2D eigenvalue weighted by molar-refractivity contribution is 5.36. The van der Waals surface area contributed by atoms with Gasteiger partial charge in [-0.25, -0.2) is 0 Å². The highest BCUT2D eigenvalue weighted by Gasteiger charge is 2.36. The zero-order chi connectivity index (χ0) is 13.9. The molecule has 2 aliphatic rings. The van der Waals surface area contributed by atoms with Gasteiger partial charge in [-0.05, 0) is 55.9 Å². The largest absolute Gasteiger partial charge is 0.309 e. The zero-order valence-corrected chi connectivity index (χ0v) is 12.9. The Balaban J connectivity index is 1.90. The monoisotopic (exact) mass is 272 g/mol. The van der Waals surface area contributed by atoms with Gasteiger partial charge in [-0.1, -0.05) is 44.5 Å². The van der Waals surface area contributed by atoms with Crippen LogP contribution in [0.1, 0.15) is 62.6 Å². The summed E-state index contributed by atoms with van der Waals surface area (Å²) >= 11 is 0. The van der Waals surface area contributed by atoms with Gasteiger partial charge in [0.05, 0.1) is 0 Å². The summed E-state index contributed by atoms with van der Waals surface area (Å²) in [5.74, 6) is 0.688. The van der Waals surface area contributed by atoms with Crippen molar-refractivity contribution in [1.29, 1.82) is 0 Å². The van der Waals surface area contributed by atoms with Crippen molar-refractivity contribution < 1.29 is 0 Å². The average molecular weight is 272 g/mol. The number of likely N-dealkylation sites (N-methyl/N-ethyl adjacent to an activating group) is 1. The lowest BCUT2D eigenvalue weighted by molar-refractivity contribution is 0.111. The van der Waals surface area contributed by atoms with Crippen molar-refractivity contribution in [2.24, 2.45) is 0 Å². The summed E-state index contributed by atoms with van der Waals surface area (Å²) in [6.45, 7) is 8.27. The molecular weight excluding hydrogens is 244 g/mol. The number of nitrogens with zero attached hydrogens (tertiary/aromatic N) is 1. The van der Waals surface area contributed by atoms with E-state index in [0.29, 0.717) is 18.0 Å². The molecule has 1 heterocycles. The Hall–Kier alpha value is -0.860. The van der Waals surface area contributed by atoms with Crippen LogP contribution in [-0.4, -0.2) is 30.6 Å². The van der Waals surface area contributed by atoms with E-state index in [1.165, 1.54) is 38.8 Å². The fourth-order valence-electron chi connectivity index (χ4n) is 4.15. The van der Waals surface area contributed by atoms with Gasteiger partial charge in [-0.2, -0.15) is 0 Å². The van der Waals surface area contributed by atoms with Crippen molar-refractivity contribution in [3.05, 3.63) is 35.4 Å². The first-order valence-electron chi connectivity index (χ1n) is 8.37. The van der Waals surface area contributed by atoms with E-state index in [-0.39, 0.29) is 0 Å². The Bertz CT molecular complexity index is 437. The fraction of sp³-hybridized carbons (Fsp3) is 0.667. The topological polar surface area (TPSA) is 15.3 Å². The molecule has 1 aromatic rings. The van der Waals surface area contributed by atoms with E-state index in [2.05, 4.69) is 48.3 Å². The average Bonchev–Trinajstić information content (AvgIpc) is 2.51. The summed E-state index contributed by atoms with van der Waals surface area (Å²) in [5, 5.41) is 3.77. The number of nitrogens with one attached hydrogen (secondary N) is 1. The third-order valence-electron chi connectivity index (χ3n) is 5.13. The molecule has 0 amide bonds. The summed E-state index contributed by atoms with van der Waals surface area (Å²) < 4.78 is 0. The van der Waals surface area contributed by atoms with Gasteiger partial charge in [-0.15, -0.1) is 0 Å². The van der Waals surface area contributed by atoms with Crippen LogP contribution in [-0.2, 0) is 0 Å². The Morgan fingerprint density at radius 3 is 2.50 bits per heavy atom. The minimum atomic E-state index is 0.519. The fourth-order valence-corrected chi connectivity index (χ4v) is 4.15. The van der Waals surface area contributed by atoms with Crippen molar-refractivity contribution in [2.45, 2.75) is 57.5 Å². The van der Waals surface area contributed by atoms with Gasteiger partial charge >= 0.3 is 0 Å². The van der Waals surface area contributed by atoms with Crippen molar-refractivity contribution in [3.8, 4) is 0 Å². The van der Waals surface area contributed by atoms with Crippen LogP contribution >= 0.6 is 0 Å². The molecule has 0 radical (unpaired) electrons. The highest BCUT2D eigenvalue weighted by atomic mass is 15.2. The third kappa shape index (κ3) is 2.64. The summed E-state index contributed by atoms with van der Waals surface area (Å²) in [4.78, 5) is 2.75. The molecule has 1 aliphatic carbocycles. The summed E-state index contributed by atoms with van der Waals surface area (Å²) in [5.41, 5.74) is 3.11. The first kappa shape index (κ1) is 14.1. The number of rotatable bonds is 3. The summed E-state index contributed by atoms with van der Waals surface area (Å²) in [6.07, 6.45) is 5.48. The van der Waals surface area contributed by atoms with Crippen LogP contribution in [0, 0.1) is 0 Å². The second kappa shape index (κ2) is 6.28. The Labute approximate surface area is 123 Å². The third-order valence-corrected chi connectivity index (χ3v) is 5.13. The SMILES string of the molecule is CCNC1c2ccccc2C(C)CC1N1CCCCC1. The van der Waals surface area contributed by atoms with Gasteiger partial charge in [-0.3, -0.25) is 4.90 Å². The molecule has 1 N–H and O–H groups in total. The maximum absolute atomic E-state index is 3.77. The molecule has 1 aliphatic heterocycles. The molecule has 20 heavy (non-hydrogen) atoms. The lowest BCUT2D eigenvalue weighted by Crippen LogP contribution is -2.49. The molecule has 1 aromatic carbocycles. The first-order chi connectivity index (χ1) is 9.81. The van der Waals surface area contributed by atoms with Crippen LogP contribution in [0.4, 0.5) is 0 Å². The Morgan fingerprint density at radius 2 is 1.80 bits per heavy atom. The van der Waals surface area contributed by atoms with Gasteiger partial charge in [0.25, 0.3) is 0 Å². The van der Waals surface area contributed by atoms with Crippen LogP contribution in [0.15, 0.2) is 24.3 Å². The van der Waals surface area contributed by atoms with Gasteiger partial charge in [0.1, 0.15) is 0 Å². The van der Waals surface area contributed by atoms with Crippen LogP contribution in [0.2, 0.25) is 0 Å². The van der Waals surface area contributed by atoms with Crippen LogP contribution in [0.25, 0.3) is 0 Å². The first-order valence-corrected chi connectivity index (χ1v) is 8.37.